The van der Waals surface area contributed by atoms with Gasteiger partial charge in [0.2, 0.25) is 11.8 Å². The molecular formula is C15H27N3O2. The number of nitrogens with one attached hydrogen (secondary N) is 1. The first kappa shape index (κ1) is 15.3. The smallest absolute Gasteiger partial charge is 0.225 e. The van der Waals surface area contributed by atoms with Gasteiger partial charge in [0.05, 0.1) is 11.5 Å². The van der Waals surface area contributed by atoms with E-state index >= 15 is 0 Å². The van der Waals surface area contributed by atoms with E-state index in [1.54, 1.807) is 11.8 Å². The van der Waals surface area contributed by atoms with E-state index in [1.165, 1.54) is 6.42 Å². The normalized spacial score (nSPS) is 25.2. The summed E-state index contributed by atoms with van der Waals surface area (Å²) in [4.78, 5) is 27.9. The molecule has 0 aromatic carbocycles. The molecule has 0 bridgehead atoms. The van der Waals surface area contributed by atoms with Crippen LogP contribution in [-0.4, -0.2) is 60.9 Å². The maximum absolute atomic E-state index is 12.5. The highest BCUT2D eigenvalue weighted by Gasteiger charge is 2.40. The van der Waals surface area contributed by atoms with Gasteiger partial charge in [-0.2, -0.15) is 0 Å². The van der Waals surface area contributed by atoms with Crippen molar-refractivity contribution in [3.63, 3.8) is 0 Å². The van der Waals surface area contributed by atoms with Crippen LogP contribution in [0.5, 0.6) is 0 Å². The van der Waals surface area contributed by atoms with E-state index in [1.807, 2.05) is 14.1 Å². The Bertz CT molecular complexity index is 377. The molecule has 5 heteroatoms. The fraction of sp³-hybridized carbons (Fsp3) is 0.867. The highest BCUT2D eigenvalue weighted by atomic mass is 16.2. The van der Waals surface area contributed by atoms with Crippen molar-refractivity contribution >= 4 is 11.8 Å². The number of likely N-dealkylation sites (N-methyl/N-ethyl adjacent to an activating group) is 1. The maximum atomic E-state index is 12.5. The van der Waals surface area contributed by atoms with E-state index < -0.39 is 0 Å². The van der Waals surface area contributed by atoms with Gasteiger partial charge in [-0.25, -0.2) is 0 Å². The molecule has 5 nitrogen and oxygen atoms in total. The molecule has 2 fully saturated rings. The van der Waals surface area contributed by atoms with Crippen LogP contribution in [-0.2, 0) is 9.59 Å². The summed E-state index contributed by atoms with van der Waals surface area (Å²) in [6.45, 7) is 3.86. The highest BCUT2D eigenvalue weighted by molar-refractivity contribution is 5.81. The van der Waals surface area contributed by atoms with E-state index in [-0.39, 0.29) is 23.3 Å². The van der Waals surface area contributed by atoms with Gasteiger partial charge in [0, 0.05) is 26.6 Å². The second kappa shape index (κ2) is 6.12. The minimum absolute atomic E-state index is 0.0287. The summed E-state index contributed by atoms with van der Waals surface area (Å²) in [5.41, 5.74) is -0.0287. The minimum Gasteiger partial charge on any atom is -0.349 e. The van der Waals surface area contributed by atoms with Gasteiger partial charge in [0.15, 0.2) is 0 Å². The highest BCUT2D eigenvalue weighted by Crippen LogP contribution is 2.33. The number of rotatable bonds is 4. The maximum Gasteiger partial charge on any atom is 0.225 e. The molecule has 1 atom stereocenters. The molecule has 1 aliphatic carbocycles. The van der Waals surface area contributed by atoms with Crippen molar-refractivity contribution in [2.45, 2.75) is 44.6 Å². The zero-order chi connectivity index (χ0) is 14.8. The molecule has 0 aromatic heterocycles. The van der Waals surface area contributed by atoms with Crippen LogP contribution in [0.15, 0.2) is 0 Å². The fourth-order valence-electron chi connectivity index (χ4n) is 3.37. The van der Waals surface area contributed by atoms with Crippen molar-refractivity contribution in [3.05, 3.63) is 0 Å². The van der Waals surface area contributed by atoms with Crippen LogP contribution < -0.4 is 5.32 Å². The second-order valence-electron chi connectivity index (χ2n) is 6.67. The Morgan fingerprint density at radius 3 is 2.50 bits per heavy atom. The molecule has 20 heavy (non-hydrogen) atoms. The third kappa shape index (κ3) is 3.51. The summed E-state index contributed by atoms with van der Waals surface area (Å²) in [5, 5.41) is 3.27. The van der Waals surface area contributed by atoms with Crippen molar-refractivity contribution in [1.82, 2.24) is 15.1 Å². The van der Waals surface area contributed by atoms with Gasteiger partial charge in [-0.05, 0) is 46.2 Å². The lowest BCUT2D eigenvalue weighted by Crippen LogP contribution is -2.61. The quantitative estimate of drug-likeness (QED) is 0.831. The van der Waals surface area contributed by atoms with Crippen molar-refractivity contribution < 1.29 is 9.59 Å². The Labute approximate surface area is 121 Å². The lowest BCUT2D eigenvalue weighted by Gasteiger charge is -2.45. The third-order valence-electron chi connectivity index (χ3n) is 4.56. The number of hydrogen-bond acceptors (Lipinski definition) is 3. The van der Waals surface area contributed by atoms with Crippen LogP contribution in [0.1, 0.15) is 39.0 Å². The summed E-state index contributed by atoms with van der Waals surface area (Å²) in [6, 6.07) is 0. The molecule has 0 radical (unpaired) electrons. The largest absolute Gasteiger partial charge is 0.349 e. The van der Waals surface area contributed by atoms with Gasteiger partial charge in [-0.15, -0.1) is 0 Å². The minimum atomic E-state index is -0.0349. The van der Waals surface area contributed by atoms with Crippen molar-refractivity contribution in [2.75, 3.05) is 33.7 Å². The molecule has 1 heterocycles. The number of amides is 2. The van der Waals surface area contributed by atoms with Crippen LogP contribution in [0.3, 0.4) is 0 Å². The number of piperidine rings is 1. The molecular weight excluding hydrogens is 254 g/mol. The average molecular weight is 281 g/mol. The predicted octanol–water partition coefficient (Wildman–Crippen LogP) is 0.845. The molecule has 2 amide bonds. The Morgan fingerprint density at radius 1 is 1.30 bits per heavy atom. The lowest BCUT2D eigenvalue weighted by molar-refractivity contribution is -0.135. The molecule has 1 unspecified atom stereocenters. The van der Waals surface area contributed by atoms with Crippen LogP contribution in [0.25, 0.3) is 0 Å². The third-order valence-corrected chi connectivity index (χ3v) is 4.56. The zero-order valence-corrected chi connectivity index (χ0v) is 12.9. The summed E-state index contributed by atoms with van der Waals surface area (Å²) in [7, 11) is 4.09. The molecule has 114 valence electrons. The molecule has 1 N–H and O–H groups in total. The Kier molecular flexibility index (Phi) is 4.68. The molecule has 0 spiro atoms. The van der Waals surface area contributed by atoms with Crippen LogP contribution in [0.4, 0.5) is 0 Å². The van der Waals surface area contributed by atoms with Crippen molar-refractivity contribution in [2.24, 2.45) is 5.92 Å². The van der Waals surface area contributed by atoms with Gasteiger partial charge in [-0.3, -0.25) is 9.59 Å². The van der Waals surface area contributed by atoms with E-state index in [0.717, 1.165) is 38.8 Å². The summed E-state index contributed by atoms with van der Waals surface area (Å²) < 4.78 is 0. The van der Waals surface area contributed by atoms with Crippen molar-refractivity contribution in [3.8, 4) is 0 Å². The number of carbonyl (C=O) groups excluding carboxylic acids is 2. The molecule has 2 aliphatic rings. The Morgan fingerprint density at radius 2 is 2.00 bits per heavy atom. The van der Waals surface area contributed by atoms with E-state index in [4.69, 9.17) is 0 Å². The Balaban J connectivity index is 1.92. The SMILES string of the molecule is CC(=O)N1CCCC(C(=O)NC2(CN(C)C)CCC2)C1. The first-order valence-corrected chi connectivity index (χ1v) is 7.64. The van der Waals surface area contributed by atoms with E-state index in [2.05, 4.69) is 10.2 Å². The summed E-state index contributed by atoms with van der Waals surface area (Å²) >= 11 is 0. The van der Waals surface area contributed by atoms with Gasteiger partial charge in [0.1, 0.15) is 0 Å². The zero-order valence-electron chi connectivity index (χ0n) is 12.9. The molecule has 2 rings (SSSR count). The number of nitrogens with zero attached hydrogens (tertiary/aromatic N) is 2. The van der Waals surface area contributed by atoms with Gasteiger partial charge >= 0.3 is 0 Å². The average Bonchev–Trinajstić information content (AvgIpc) is 2.35. The summed E-state index contributed by atoms with van der Waals surface area (Å²) in [5.74, 6) is 0.180. The number of likely N-dealkylation sites (tertiary alicyclic amines) is 1. The summed E-state index contributed by atoms with van der Waals surface area (Å²) in [6.07, 6.45) is 5.16. The Hall–Kier alpha value is -1.10. The first-order chi connectivity index (χ1) is 9.42. The first-order valence-electron chi connectivity index (χ1n) is 7.64. The number of hydrogen-bond donors (Lipinski definition) is 1. The van der Waals surface area contributed by atoms with E-state index in [0.29, 0.717) is 6.54 Å². The monoisotopic (exact) mass is 281 g/mol. The topological polar surface area (TPSA) is 52.7 Å². The molecule has 1 saturated heterocycles. The molecule has 1 aliphatic heterocycles. The standard InChI is InChI=1S/C15H27N3O2/c1-12(19)18-9-4-6-13(10-18)14(20)16-15(7-5-8-15)11-17(2)3/h13H,4-11H2,1-3H3,(H,16,20). The van der Waals surface area contributed by atoms with Crippen molar-refractivity contribution in [1.29, 1.82) is 0 Å². The van der Waals surface area contributed by atoms with Gasteiger partial charge in [-0.1, -0.05) is 0 Å². The number of carbonyl (C=O) groups is 2. The van der Waals surface area contributed by atoms with Crippen LogP contribution in [0.2, 0.25) is 0 Å². The lowest BCUT2D eigenvalue weighted by atomic mass is 9.76. The second-order valence-corrected chi connectivity index (χ2v) is 6.67. The van der Waals surface area contributed by atoms with Crippen LogP contribution >= 0.6 is 0 Å². The molecule has 0 aromatic rings. The molecule has 1 saturated carbocycles. The van der Waals surface area contributed by atoms with E-state index in [9.17, 15) is 9.59 Å². The fourth-order valence-corrected chi connectivity index (χ4v) is 3.37. The van der Waals surface area contributed by atoms with Gasteiger partial charge in [0.25, 0.3) is 0 Å². The van der Waals surface area contributed by atoms with Gasteiger partial charge < -0.3 is 15.1 Å². The predicted molar refractivity (Wildman–Crippen MR) is 78.3 cm³/mol. The van der Waals surface area contributed by atoms with Crippen LogP contribution in [0, 0.1) is 5.92 Å².